The molecule has 0 saturated carbocycles. The molecule has 3 rings (SSSR count). The highest BCUT2D eigenvalue weighted by molar-refractivity contribution is 5.89. The van der Waals surface area contributed by atoms with E-state index in [1.54, 1.807) is 12.1 Å². The number of fused-ring (bicyclic) bond motifs is 1. The van der Waals surface area contributed by atoms with Gasteiger partial charge in [0, 0.05) is 18.5 Å². The zero-order chi connectivity index (χ0) is 19.9. The lowest BCUT2D eigenvalue weighted by molar-refractivity contribution is 0.0600. The summed E-state index contributed by atoms with van der Waals surface area (Å²) >= 11 is 0. The Balaban J connectivity index is 1.78. The zero-order valence-electron chi connectivity index (χ0n) is 16.7. The van der Waals surface area contributed by atoms with Crippen molar-refractivity contribution in [2.45, 2.75) is 20.3 Å². The number of ether oxygens (including phenoxy) is 1. The lowest BCUT2D eigenvalue weighted by atomic mass is 10.1. The van der Waals surface area contributed by atoms with Crippen LogP contribution < -0.4 is 4.90 Å². The predicted octanol–water partition coefficient (Wildman–Crippen LogP) is 5.34. The number of carbonyl (C=O) groups is 1. The Morgan fingerprint density at radius 2 is 1.89 bits per heavy atom. The third kappa shape index (κ3) is 4.77. The van der Waals surface area contributed by atoms with E-state index in [0.717, 1.165) is 41.7 Å². The van der Waals surface area contributed by atoms with Crippen molar-refractivity contribution in [2.24, 2.45) is 0 Å². The number of pyridine rings is 1. The number of rotatable bonds is 7. The van der Waals surface area contributed by atoms with E-state index in [1.807, 2.05) is 36.5 Å². The average molecular weight is 374 g/mol. The maximum atomic E-state index is 11.6. The smallest absolute Gasteiger partial charge is 0.337 e. The standard InChI is InChI=1S/C24H26N2O2/c1-4-13-26(22-15-21-7-5-6-8-23(21)25-16-22)17-18(2)14-19-9-11-20(12-10-19)24(27)28-3/h5-12,14-16H,4,13,17H2,1-3H3. The van der Waals surface area contributed by atoms with E-state index >= 15 is 0 Å². The SMILES string of the molecule is CCCN(CC(C)=Cc1ccc(C(=O)OC)cc1)c1cnc2ccccc2c1. The van der Waals surface area contributed by atoms with Gasteiger partial charge in [-0.25, -0.2) is 4.79 Å². The Morgan fingerprint density at radius 1 is 1.14 bits per heavy atom. The summed E-state index contributed by atoms with van der Waals surface area (Å²) in [4.78, 5) is 18.5. The topological polar surface area (TPSA) is 42.4 Å². The van der Waals surface area contributed by atoms with Gasteiger partial charge in [0.1, 0.15) is 0 Å². The summed E-state index contributed by atoms with van der Waals surface area (Å²) in [6.45, 7) is 6.11. The van der Waals surface area contributed by atoms with E-state index in [1.165, 1.54) is 12.7 Å². The van der Waals surface area contributed by atoms with Crippen LogP contribution in [0.3, 0.4) is 0 Å². The summed E-state index contributed by atoms with van der Waals surface area (Å²) in [5, 5.41) is 1.15. The number of carbonyl (C=O) groups excluding carboxylic acids is 1. The largest absolute Gasteiger partial charge is 0.465 e. The van der Waals surface area contributed by atoms with Gasteiger partial charge in [-0.1, -0.05) is 48.9 Å². The summed E-state index contributed by atoms with van der Waals surface area (Å²) in [6.07, 6.45) is 5.17. The van der Waals surface area contributed by atoms with Crippen molar-refractivity contribution in [3.05, 3.63) is 77.5 Å². The van der Waals surface area contributed by atoms with E-state index in [2.05, 4.69) is 41.9 Å². The number of benzene rings is 2. The molecule has 0 atom stereocenters. The van der Waals surface area contributed by atoms with Crippen LogP contribution in [0.5, 0.6) is 0 Å². The van der Waals surface area contributed by atoms with E-state index in [0.29, 0.717) is 5.56 Å². The summed E-state index contributed by atoms with van der Waals surface area (Å²) in [7, 11) is 1.39. The highest BCUT2D eigenvalue weighted by atomic mass is 16.5. The van der Waals surface area contributed by atoms with Gasteiger partial charge in [0.2, 0.25) is 0 Å². The van der Waals surface area contributed by atoms with Gasteiger partial charge in [0.15, 0.2) is 0 Å². The van der Waals surface area contributed by atoms with E-state index in [4.69, 9.17) is 4.74 Å². The molecule has 1 aromatic heterocycles. The van der Waals surface area contributed by atoms with Crippen molar-refractivity contribution in [3.8, 4) is 0 Å². The quantitative estimate of drug-likeness (QED) is 0.524. The Hall–Kier alpha value is -3.14. The van der Waals surface area contributed by atoms with Gasteiger partial charge in [0.05, 0.1) is 30.1 Å². The van der Waals surface area contributed by atoms with Crippen LogP contribution in [0.4, 0.5) is 5.69 Å². The number of hydrogen-bond acceptors (Lipinski definition) is 4. The molecule has 0 aliphatic carbocycles. The monoisotopic (exact) mass is 374 g/mol. The van der Waals surface area contributed by atoms with Crippen molar-refractivity contribution in [3.63, 3.8) is 0 Å². The third-order valence-corrected chi connectivity index (χ3v) is 4.62. The zero-order valence-corrected chi connectivity index (χ0v) is 16.7. The maximum Gasteiger partial charge on any atom is 0.337 e. The molecule has 3 aromatic rings. The summed E-state index contributed by atoms with van der Waals surface area (Å²) in [5.74, 6) is -0.315. The average Bonchev–Trinajstić information content (AvgIpc) is 2.73. The molecule has 28 heavy (non-hydrogen) atoms. The summed E-state index contributed by atoms with van der Waals surface area (Å²) in [5.41, 5.74) is 5.02. The fourth-order valence-corrected chi connectivity index (χ4v) is 3.27. The highest BCUT2D eigenvalue weighted by Gasteiger charge is 2.09. The Labute approximate surface area is 166 Å². The van der Waals surface area contributed by atoms with Gasteiger partial charge < -0.3 is 9.64 Å². The molecule has 0 spiro atoms. The Morgan fingerprint density at radius 3 is 2.61 bits per heavy atom. The minimum absolute atomic E-state index is 0.315. The van der Waals surface area contributed by atoms with Crippen molar-refractivity contribution >= 4 is 28.6 Å². The molecule has 0 bridgehead atoms. The maximum absolute atomic E-state index is 11.6. The molecule has 0 unspecified atom stereocenters. The van der Waals surface area contributed by atoms with E-state index in [-0.39, 0.29) is 5.97 Å². The summed E-state index contributed by atoms with van der Waals surface area (Å²) in [6, 6.07) is 17.9. The van der Waals surface area contributed by atoms with Gasteiger partial charge in [-0.2, -0.15) is 0 Å². The number of nitrogens with zero attached hydrogens (tertiary/aromatic N) is 2. The van der Waals surface area contributed by atoms with Crippen LogP contribution in [-0.4, -0.2) is 31.2 Å². The molecule has 0 aliphatic heterocycles. The van der Waals surface area contributed by atoms with Gasteiger partial charge in [-0.15, -0.1) is 0 Å². The number of methoxy groups -OCH3 is 1. The van der Waals surface area contributed by atoms with Gasteiger partial charge in [-0.05, 0) is 43.2 Å². The molecule has 144 valence electrons. The molecule has 0 amide bonds. The minimum atomic E-state index is -0.315. The molecular weight excluding hydrogens is 348 g/mol. The second-order valence-electron chi connectivity index (χ2n) is 6.91. The second kappa shape index (κ2) is 9.18. The number of esters is 1. The lowest BCUT2D eigenvalue weighted by Crippen LogP contribution is -2.26. The number of anilines is 1. The van der Waals surface area contributed by atoms with E-state index < -0.39 is 0 Å². The predicted molar refractivity (Wildman–Crippen MR) is 116 cm³/mol. The minimum Gasteiger partial charge on any atom is -0.465 e. The molecule has 4 nitrogen and oxygen atoms in total. The van der Waals surface area contributed by atoms with Crippen molar-refractivity contribution in [1.82, 2.24) is 4.98 Å². The molecule has 0 saturated heterocycles. The normalized spacial score (nSPS) is 11.5. The first-order valence-electron chi connectivity index (χ1n) is 9.56. The molecule has 1 heterocycles. The first-order valence-corrected chi connectivity index (χ1v) is 9.56. The lowest BCUT2D eigenvalue weighted by Gasteiger charge is -2.25. The van der Waals surface area contributed by atoms with Crippen molar-refractivity contribution in [2.75, 3.05) is 25.1 Å². The fraction of sp³-hybridized carbons (Fsp3) is 0.250. The van der Waals surface area contributed by atoms with Crippen LogP contribution in [0.1, 0.15) is 36.2 Å². The number of aromatic nitrogens is 1. The van der Waals surface area contributed by atoms with Crippen molar-refractivity contribution in [1.29, 1.82) is 0 Å². The molecule has 0 fully saturated rings. The Kier molecular flexibility index (Phi) is 6.43. The summed E-state index contributed by atoms with van der Waals surface area (Å²) < 4.78 is 4.75. The van der Waals surface area contributed by atoms with Gasteiger partial charge in [0.25, 0.3) is 0 Å². The highest BCUT2D eigenvalue weighted by Crippen LogP contribution is 2.21. The number of hydrogen-bond donors (Lipinski definition) is 0. The van der Waals surface area contributed by atoms with Crippen LogP contribution in [0, 0.1) is 0 Å². The number of para-hydroxylation sites is 1. The van der Waals surface area contributed by atoms with Gasteiger partial charge in [-0.3, -0.25) is 4.98 Å². The first-order chi connectivity index (χ1) is 13.6. The second-order valence-corrected chi connectivity index (χ2v) is 6.91. The molecule has 0 aliphatic rings. The molecule has 0 N–H and O–H groups in total. The van der Waals surface area contributed by atoms with Crippen LogP contribution in [0.2, 0.25) is 0 Å². The van der Waals surface area contributed by atoms with E-state index in [9.17, 15) is 4.79 Å². The van der Waals surface area contributed by atoms with Gasteiger partial charge >= 0.3 is 5.97 Å². The van der Waals surface area contributed by atoms with Crippen LogP contribution >= 0.6 is 0 Å². The third-order valence-electron chi connectivity index (χ3n) is 4.62. The Bertz CT molecular complexity index is 977. The molecule has 4 heteroatoms. The van der Waals surface area contributed by atoms with Crippen molar-refractivity contribution < 1.29 is 9.53 Å². The van der Waals surface area contributed by atoms with Crippen LogP contribution in [-0.2, 0) is 4.74 Å². The first kappa shape index (κ1) is 19.6. The molecule has 0 radical (unpaired) electrons. The molecule has 2 aromatic carbocycles. The van der Waals surface area contributed by atoms with Crippen LogP contribution in [0.25, 0.3) is 17.0 Å². The fourth-order valence-electron chi connectivity index (χ4n) is 3.27. The molecular formula is C24H26N2O2. The van der Waals surface area contributed by atoms with Crippen LogP contribution in [0.15, 0.2) is 66.4 Å².